The van der Waals surface area contributed by atoms with Crippen LogP contribution in [0.25, 0.3) is 0 Å². The number of carbonyl (C=O) groups is 2. The normalized spacial score (nSPS) is 12.9. The zero-order valence-corrected chi connectivity index (χ0v) is 19.0. The number of halogens is 3. The van der Waals surface area contributed by atoms with Crippen molar-refractivity contribution in [2.75, 3.05) is 0 Å². The lowest BCUT2D eigenvalue weighted by molar-refractivity contribution is -0.140. The van der Waals surface area contributed by atoms with Crippen LogP contribution >= 0.6 is 34.8 Å². The topological polar surface area (TPSA) is 49.4 Å². The van der Waals surface area contributed by atoms with E-state index < -0.39 is 6.04 Å². The minimum Gasteiger partial charge on any atom is -0.352 e. The second-order valence-electron chi connectivity index (χ2n) is 7.02. The molecule has 0 aliphatic rings. The maximum Gasteiger partial charge on any atom is 0.242 e. The van der Waals surface area contributed by atoms with Crippen LogP contribution in [0.15, 0.2) is 42.5 Å². The summed E-state index contributed by atoms with van der Waals surface area (Å²) >= 11 is 18.6. The Bertz CT molecular complexity index is 853. The van der Waals surface area contributed by atoms with Gasteiger partial charge >= 0.3 is 0 Å². The summed E-state index contributed by atoms with van der Waals surface area (Å²) in [7, 11) is 0. The lowest BCUT2D eigenvalue weighted by atomic mass is 10.1. The molecule has 7 heteroatoms. The van der Waals surface area contributed by atoms with Gasteiger partial charge in [0.2, 0.25) is 11.8 Å². The van der Waals surface area contributed by atoms with Crippen molar-refractivity contribution in [3.8, 4) is 0 Å². The minimum atomic E-state index is -0.670. The summed E-state index contributed by atoms with van der Waals surface area (Å²) in [6.45, 7) is 5.88. The second-order valence-corrected chi connectivity index (χ2v) is 8.27. The van der Waals surface area contributed by atoms with E-state index in [-0.39, 0.29) is 30.8 Å². The van der Waals surface area contributed by atoms with Gasteiger partial charge in [0.05, 0.1) is 6.42 Å². The molecule has 0 unspecified atom stereocenters. The fourth-order valence-corrected chi connectivity index (χ4v) is 3.58. The molecule has 2 aromatic carbocycles. The van der Waals surface area contributed by atoms with Crippen molar-refractivity contribution in [3.63, 3.8) is 0 Å². The van der Waals surface area contributed by atoms with Gasteiger partial charge in [0.1, 0.15) is 6.04 Å². The van der Waals surface area contributed by atoms with Crippen LogP contribution in [0.2, 0.25) is 15.1 Å². The third-order valence-electron chi connectivity index (χ3n) is 4.80. The molecule has 0 aliphatic carbocycles. The molecule has 2 rings (SSSR count). The average Bonchev–Trinajstić information content (AvgIpc) is 2.68. The molecule has 0 fully saturated rings. The molecule has 0 aromatic heterocycles. The number of benzene rings is 2. The zero-order valence-electron chi connectivity index (χ0n) is 16.7. The molecule has 1 N–H and O–H groups in total. The third-order valence-corrected chi connectivity index (χ3v) is 5.74. The highest BCUT2D eigenvalue weighted by atomic mass is 35.5. The van der Waals surface area contributed by atoms with E-state index in [0.717, 1.165) is 12.0 Å². The van der Waals surface area contributed by atoms with Crippen LogP contribution in [0.1, 0.15) is 38.3 Å². The molecule has 4 nitrogen and oxygen atoms in total. The molecule has 0 saturated heterocycles. The van der Waals surface area contributed by atoms with Gasteiger partial charge < -0.3 is 10.2 Å². The number of amides is 2. The third kappa shape index (κ3) is 6.63. The highest BCUT2D eigenvalue weighted by molar-refractivity contribution is 6.36. The number of nitrogens with zero attached hydrogens (tertiary/aromatic N) is 1. The fraction of sp³-hybridized carbons (Fsp3) is 0.364. The molecule has 0 spiro atoms. The van der Waals surface area contributed by atoms with E-state index in [0.29, 0.717) is 20.6 Å². The van der Waals surface area contributed by atoms with E-state index in [9.17, 15) is 9.59 Å². The Labute approximate surface area is 187 Å². The van der Waals surface area contributed by atoms with Crippen LogP contribution in [0.5, 0.6) is 0 Å². The summed E-state index contributed by atoms with van der Waals surface area (Å²) in [6, 6.07) is 11.7. The number of nitrogens with one attached hydrogen (secondary N) is 1. The predicted molar refractivity (Wildman–Crippen MR) is 120 cm³/mol. The molecular weight excluding hydrogens is 431 g/mol. The van der Waals surface area contributed by atoms with Gasteiger partial charge in [-0.2, -0.15) is 0 Å². The molecule has 2 atom stereocenters. The maximum atomic E-state index is 13.2. The molecule has 0 aliphatic heterocycles. The van der Waals surface area contributed by atoms with Crippen LogP contribution in [0, 0.1) is 0 Å². The van der Waals surface area contributed by atoms with Gasteiger partial charge in [-0.3, -0.25) is 9.59 Å². The molecule has 0 radical (unpaired) electrons. The van der Waals surface area contributed by atoms with Crippen LogP contribution in [0.4, 0.5) is 0 Å². The number of rotatable bonds is 8. The SMILES string of the molecule is CC[C@@H](C)NC(=O)[C@@H](C)N(Cc1cccc(Cl)c1)C(=O)Cc1c(Cl)cccc1Cl. The van der Waals surface area contributed by atoms with Crippen LogP contribution in [-0.2, 0) is 22.6 Å². The van der Waals surface area contributed by atoms with E-state index >= 15 is 0 Å². The Morgan fingerprint density at radius 1 is 1.03 bits per heavy atom. The van der Waals surface area contributed by atoms with Gasteiger partial charge in [-0.05, 0) is 55.7 Å². The van der Waals surface area contributed by atoms with Crippen LogP contribution in [-0.4, -0.2) is 28.8 Å². The lowest BCUT2D eigenvalue weighted by Crippen LogP contribution is -2.49. The maximum absolute atomic E-state index is 13.2. The molecular formula is C22H25Cl3N2O2. The molecule has 2 aromatic rings. The molecule has 2 amide bonds. The average molecular weight is 456 g/mol. The van der Waals surface area contributed by atoms with Gasteiger partial charge in [0.25, 0.3) is 0 Å². The Morgan fingerprint density at radius 2 is 1.66 bits per heavy atom. The van der Waals surface area contributed by atoms with Crippen molar-refractivity contribution in [2.24, 2.45) is 0 Å². The van der Waals surface area contributed by atoms with E-state index in [1.807, 2.05) is 26.0 Å². The van der Waals surface area contributed by atoms with E-state index in [1.54, 1.807) is 37.3 Å². The number of carbonyl (C=O) groups excluding carboxylic acids is 2. The minimum absolute atomic E-state index is 0.0000235. The summed E-state index contributed by atoms with van der Waals surface area (Å²) in [4.78, 5) is 27.5. The van der Waals surface area contributed by atoms with Crippen molar-refractivity contribution in [2.45, 2.75) is 52.2 Å². The second kappa shape index (κ2) is 10.9. The quantitative estimate of drug-likeness (QED) is 0.569. The first-order valence-corrected chi connectivity index (χ1v) is 10.6. The Balaban J connectivity index is 2.29. The first kappa shape index (κ1) is 23.5. The number of hydrogen-bond donors (Lipinski definition) is 1. The van der Waals surface area contributed by atoms with E-state index in [2.05, 4.69) is 5.32 Å². The van der Waals surface area contributed by atoms with Crippen molar-refractivity contribution < 1.29 is 9.59 Å². The molecule has 0 bridgehead atoms. The summed E-state index contributed by atoms with van der Waals surface area (Å²) < 4.78 is 0. The van der Waals surface area contributed by atoms with E-state index in [4.69, 9.17) is 34.8 Å². The van der Waals surface area contributed by atoms with Crippen LogP contribution in [0.3, 0.4) is 0 Å². The molecule has 0 saturated carbocycles. The monoisotopic (exact) mass is 454 g/mol. The van der Waals surface area contributed by atoms with Gasteiger partial charge in [-0.15, -0.1) is 0 Å². The summed E-state index contributed by atoms with van der Waals surface area (Å²) in [5.41, 5.74) is 1.38. The Hall–Kier alpha value is -1.75. The first-order chi connectivity index (χ1) is 13.7. The van der Waals surface area contributed by atoms with E-state index in [1.165, 1.54) is 4.90 Å². The molecule has 0 heterocycles. The van der Waals surface area contributed by atoms with Crippen molar-refractivity contribution in [1.29, 1.82) is 0 Å². The van der Waals surface area contributed by atoms with Crippen molar-refractivity contribution >= 4 is 46.6 Å². The van der Waals surface area contributed by atoms with Gasteiger partial charge in [-0.25, -0.2) is 0 Å². The highest BCUT2D eigenvalue weighted by Crippen LogP contribution is 2.26. The van der Waals surface area contributed by atoms with Crippen molar-refractivity contribution in [1.82, 2.24) is 10.2 Å². The summed E-state index contributed by atoms with van der Waals surface area (Å²) in [5, 5.41) is 4.35. The number of hydrogen-bond acceptors (Lipinski definition) is 2. The molecule has 29 heavy (non-hydrogen) atoms. The first-order valence-electron chi connectivity index (χ1n) is 9.50. The highest BCUT2D eigenvalue weighted by Gasteiger charge is 2.27. The van der Waals surface area contributed by atoms with Crippen LogP contribution < -0.4 is 5.32 Å². The Morgan fingerprint density at radius 3 is 2.24 bits per heavy atom. The van der Waals surface area contributed by atoms with Gasteiger partial charge in [0, 0.05) is 27.7 Å². The van der Waals surface area contributed by atoms with Crippen molar-refractivity contribution in [3.05, 3.63) is 68.7 Å². The largest absolute Gasteiger partial charge is 0.352 e. The summed E-state index contributed by atoms with van der Waals surface area (Å²) in [6.07, 6.45) is 0.802. The Kier molecular flexibility index (Phi) is 8.81. The summed E-state index contributed by atoms with van der Waals surface area (Å²) in [5.74, 6) is -0.452. The smallest absolute Gasteiger partial charge is 0.242 e. The zero-order chi connectivity index (χ0) is 21.6. The fourth-order valence-electron chi connectivity index (χ4n) is 2.83. The predicted octanol–water partition coefficient (Wildman–Crippen LogP) is 5.52. The van der Waals surface area contributed by atoms with Gasteiger partial charge in [0.15, 0.2) is 0 Å². The lowest BCUT2D eigenvalue weighted by Gasteiger charge is -2.30. The standard InChI is InChI=1S/C22H25Cl3N2O2/c1-4-14(2)26-22(29)15(3)27(13-16-7-5-8-17(23)11-16)21(28)12-18-19(24)9-6-10-20(18)25/h5-11,14-15H,4,12-13H2,1-3H3,(H,26,29)/t14-,15-/m1/s1. The van der Waals surface area contributed by atoms with Gasteiger partial charge in [-0.1, -0.05) is 59.9 Å². The molecule has 156 valence electrons.